The average molecular weight is 242 g/mol. The summed E-state index contributed by atoms with van der Waals surface area (Å²) in [5.41, 5.74) is 1.42. The number of ether oxygens (including phenoxy) is 1. The first kappa shape index (κ1) is 12.3. The van der Waals surface area contributed by atoms with Gasteiger partial charge in [0.2, 0.25) is 0 Å². The van der Waals surface area contributed by atoms with Crippen molar-refractivity contribution in [1.82, 2.24) is 0 Å². The summed E-state index contributed by atoms with van der Waals surface area (Å²) in [6.07, 6.45) is 6.96. The Morgan fingerprint density at radius 1 is 1.17 bits per heavy atom. The topological polar surface area (TPSA) is 43.4 Å². The Balaban J connectivity index is 1.92. The second-order valence-corrected chi connectivity index (χ2v) is 4.11. The van der Waals surface area contributed by atoms with Crippen molar-refractivity contribution < 1.29 is 14.3 Å². The van der Waals surface area contributed by atoms with Gasteiger partial charge in [-0.15, -0.1) is 0 Å². The fourth-order valence-corrected chi connectivity index (χ4v) is 1.77. The van der Waals surface area contributed by atoms with Gasteiger partial charge >= 0.3 is 5.97 Å². The quantitative estimate of drug-likeness (QED) is 0.604. The van der Waals surface area contributed by atoms with Crippen LogP contribution in [0.15, 0.2) is 54.3 Å². The summed E-state index contributed by atoms with van der Waals surface area (Å²) in [6, 6.07) is 8.79. The van der Waals surface area contributed by atoms with E-state index in [0.29, 0.717) is 12.0 Å². The molecule has 2 rings (SSSR count). The molecule has 1 aliphatic rings. The van der Waals surface area contributed by atoms with Gasteiger partial charge in [-0.2, -0.15) is 0 Å². The molecule has 0 atom stereocenters. The summed E-state index contributed by atoms with van der Waals surface area (Å²) in [6.45, 7) is 0. The number of esters is 1. The number of carbonyl (C=O) groups excluding carboxylic acids is 2. The third-order valence-corrected chi connectivity index (χ3v) is 2.70. The normalized spacial score (nSPS) is 15.6. The van der Waals surface area contributed by atoms with Crippen molar-refractivity contribution in [3.05, 3.63) is 59.9 Å². The van der Waals surface area contributed by atoms with E-state index in [2.05, 4.69) is 0 Å². The van der Waals surface area contributed by atoms with Crippen molar-refractivity contribution in [3.63, 3.8) is 0 Å². The van der Waals surface area contributed by atoms with Crippen LogP contribution in [0.4, 0.5) is 0 Å². The summed E-state index contributed by atoms with van der Waals surface area (Å²) in [5.74, 6) is -0.259. The molecule has 0 spiro atoms. The highest BCUT2D eigenvalue weighted by atomic mass is 16.5. The van der Waals surface area contributed by atoms with Crippen LogP contribution in [-0.4, -0.2) is 11.8 Å². The molecule has 0 saturated carbocycles. The van der Waals surface area contributed by atoms with Crippen molar-refractivity contribution in [2.75, 3.05) is 0 Å². The Morgan fingerprint density at radius 3 is 2.67 bits per heavy atom. The predicted molar refractivity (Wildman–Crippen MR) is 67.9 cm³/mol. The number of hydrogen-bond donors (Lipinski definition) is 0. The molecule has 0 aliphatic heterocycles. The maximum Gasteiger partial charge on any atom is 0.342 e. The van der Waals surface area contributed by atoms with Gasteiger partial charge in [0.05, 0.1) is 11.8 Å². The molecule has 0 heterocycles. The zero-order chi connectivity index (χ0) is 12.8. The second-order valence-electron chi connectivity index (χ2n) is 4.11. The zero-order valence-electron chi connectivity index (χ0n) is 9.96. The van der Waals surface area contributed by atoms with E-state index in [1.165, 1.54) is 6.26 Å². The van der Waals surface area contributed by atoms with Crippen molar-refractivity contribution in [1.29, 1.82) is 0 Å². The Kier molecular flexibility index (Phi) is 4.07. The van der Waals surface area contributed by atoms with Gasteiger partial charge in [-0.05, 0) is 42.7 Å². The lowest BCUT2D eigenvalue weighted by atomic mass is 9.99. The van der Waals surface area contributed by atoms with Crippen LogP contribution in [0.2, 0.25) is 0 Å². The molecule has 3 nitrogen and oxygen atoms in total. The number of ketones is 1. The lowest BCUT2D eigenvalue weighted by molar-refractivity contribution is -0.115. The minimum atomic E-state index is -0.394. The largest absolute Gasteiger partial charge is 0.431 e. The Labute approximate surface area is 106 Å². The fourth-order valence-electron chi connectivity index (χ4n) is 1.77. The van der Waals surface area contributed by atoms with Crippen molar-refractivity contribution in [2.45, 2.75) is 19.3 Å². The molecule has 0 N–H and O–H groups in total. The van der Waals surface area contributed by atoms with E-state index >= 15 is 0 Å². The van der Waals surface area contributed by atoms with Gasteiger partial charge in [0, 0.05) is 6.42 Å². The van der Waals surface area contributed by atoms with Gasteiger partial charge in [-0.3, -0.25) is 4.79 Å². The fraction of sp³-hybridized carbons (Fsp3) is 0.200. The monoisotopic (exact) mass is 242 g/mol. The molecule has 18 heavy (non-hydrogen) atoms. The van der Waals surface area contributed by atoms with Crippen LogP contribution in [0.5, 0.6) is 0 Å². The minimum absolute atomic E-state index is 0.135. The molecule has 1 aliphatic carbocycles. The summed E-state index contributed by atoms with van der Waals surface area (Å²) in [5, 5.41) is 0. The van der Waals surface area contributed by atoms with Crippen molar-refractivity contribution >= 4 is 11.8 Å². The first-order valence-electron chi connectivity index (χ1n) is 5.92. The second kappa shape index (κ2) is 5.96. The molecule has 92 valence electrons. The lowest BCUT2D eigenvalue weighted by Crippen LogP contribution is -2.02. The molecular weight excluding hydrogens is 228 g/mol. The van der Waals surface area contributed by atoms with Crippen LogP contribution in [0, 0.1) is 0 Å². The van der Waals surface area contributed by atoms with E-state index in [4.69, 9.17) is 4.74 Å². The van der Waals surface area contributed by atoms with E-state index in [0.717, 1.165) is 18.4 Å². The maximum absolute atomic E-state index is 11.6. The van der Waals surface area contributed by atoms with Crippen molar-refractivity contribution in [2.24, 2.45) is 0 Å². The highest BCUT2D eigenvalue weighted by molar-refractivity contribution is 5.91. The van der Waals surface area contributed by atoms with E-state index < -0.39 is 5.97 Å². The number of hydrogen-bond acceptors (Lipinski definition) is 3. The third-order valence-electron chi connectivity index (χ3n) is 2.70. The van der Waals surface area contributed by atoms with Crippen LogP contribution >= 0.6 is 0 Å². The first-order chi connectivity index (χ1) is 8.75. The van der Waals surface area contributed by atoms with E-state index in [1.807, 2.05) is 6.07 Å². The summed E-state index contributed by atoms with van der Waals surface area (Å²) in [4.78, 5) is 22.8. The van der Waals surface area contributed by atoms with E-state index in [-0.39, 0.29) is 5.78 Å². The average Bonchev–Trinajstić information content (AvgIpc) is 2.40. The zero-order valence-corrected chi connectivity index (χ0v) is 9.96. The van der Waals surface area contributed by atoms with Crippen LogP contribution in [-0.2, 0) is 9.53 Å². The van der Waals surface area contributed by atoms with Gasteiger partial charge in [-0.1, -0.05) is 18.2 Å². The SMILES string of the molecule is O=C1C=C(/C=C/OC(=O)c2ccccc2)CCC1. The number of allylic oxidation sites excluding steroid dienone is 3. The van der Waals surface area contributed by atoms with E-state index in [9.17, 15) is 9.59 Å². The summed E-state index contributed by atoms with van der Waals surface area (Å²) < 4.78 is 4.99. The van der Waals surface area contributed by atoms with Gasteiger partial charge in [-0.25, -0.2) is 4.79 Å². The maximum atomic E-state index is 11.6. The van der Waals surface area contributed by atoms with Gasteiger partial charge in [0.15, 0.2) is 5.78 Å². The first-order valence-corrected chi connectivity index (χ1v) is 5.92. The highest BCUT2D eigenvalue weighted by Crippen LogP contribution is 2.16. The van der Waals surface area contributed by atoms with Gasteiger partial charge < -0.3 is 4.74 Å². The molecule has 0 fully saturated rings. The Bertz CT molecular complexity index is 498. The summed E-state index contributed by atoms with van der Waals surface area (Å²) >= 11 is 0. The smallest absolute Gasteiger partial charge is 0.342 e. The number of rotatable bonds is 3. The molecular formula is C15H14O3. The molecule has 0 aromatic heterocycles. The van der Waals surface area contributed by atoms with E-state index in [1.54, 1.807) is 36.4 Å². The standard InChI is InChI=1S/C15H14O3/c16-14-8-4-5-12(11-14)9-10-18-15(17)13-6-2-1-3-7-13/h1-3,6-7,9-11H,4-5,8H2/b10-9+. The van der Waals surface area contributed by atoms with Crippen LogP contribution in [0.3, 0.4) is 0 Å². The Morgan fingerprint density at radius 2 is 1.94 bits per heavy atom. The molecule has 0 unspecified atom stereocenters. The molecule has 0 radical (unpaired) electrons. The summed E-state index contributed by atoms with van der Waals surface area (Å²) in [7, 11) is 0. The molecule has 1 aromatic carbocycles. The number of carbonyl (C=O) groups is 2. The lowest BCUT2D eigenvalue weighted by Gasteiger charge is -2.07. The minimum Gasteiger partial charge on any atom is -0.431 e. The van der Waals surface area contributed by atoms with Crippen LogP contribution in [0.1, 0.15) is 29.6 Å². The molecule has 0 bridgehead atoms. The van der Waals surface area contributed by atoms with Gasteiger partial charge in [0.25, 0.3) is 0 Å². The molecule has 0 amide bonds. The van der Waals surface area contributed by atoms with Crippen LogP contribution in [0.25, 0.3) is 0 Å². The van der Waals surface area contributed by atoms with Crippen molar-refractivity contribution in [3.8, 4) is 0 Å². The molecule has 0 saturated heterocycles. The highest BCUT2D eigenvalue weighted by Gasteiger charge is 2.08. The third kappa shape index (κ3) is 3.42. The predicted octanol–water partition coefficient (Wildman–Crippen LogP) is 3.04. The number of benzene rings is 1. The van der Waals surface area contributed by atoms with Crippen LogP contribution < -0.4 is 0 Å². The molecule has 3 heteroatoms. The molecule has 1 aromatic rings. The van der Waals surface area contributed by atoms with Gasteiger partial charge in [0.1, 0.15) is 0 Å². The Hall–Kier alpha value is -2.16.